The van der Waals surface area contributed by atoms with Crippen LogP contribution in [0, 0.1) is 5.82 Å². The van der Waals surface area contributed by atoms with E-state index in [-0.39, 0.29) is 16.8 Å². The highest BCUT2D eigenvalue weighted by atomic mass is 32.2. The van der Waals surface area contributed by atoms with Gasteiger partial charge in [-0.3, -0.25) is 9.35 Å². The topological polar surface area (TPSA) is 142 Å². The zero-order chi connectivity index (χ0) is 24.0. The normalized spacial score (nSPS) is 20.8. The monoisotopic (exact) mass is 470 g/mol. The molecule has 0 spiro atoms. The van der Waals surface area contributed by atoms with E-state index in [2.05, 4.69) is 10.3 Å². The van der Waals surface area contributed by atoms with Crippen LogP contribution < -0.4 is 15.6 Å². The van der Waals surface area contributed by atoms with Crippen LogP contribution >= 0.6 is 0 Å². The summed E-state index contributed by atoms with van der Waals surface area (Å²) in [5, 5.41) is 12.9. The second-order valence-corrected chi connectivity index (χ2v) is 10.6. The number of aromatic nitrogens is 2. The lowest BCUT2D eigenvalue weighted by Crippen LogP contribution is -2.51. The summed E-state index contributed by atoms with van der Waals surface area (Å²) in [4.78, 5) is 30.5. The molecule has 4 heterocycles. The van der Waals surface area contributed by atoms with Crippen LogP contribution in [0.15, 0.2) is 17.1 Å². The summed E-state index contributed by atoms with van der Waals surface area (Å²) >= 11 is 0. The van der Waals surface area contributed by atoms with E-state index in [9.17, 15) is 27.5 Å². The summed E-state index contributed by atoms with van der Waals surface area (Å²) < 4.78 is 42.4. The van der Waals surface area contributed by atoms with Gasteiger partial charge in [-0.1, -0.05) is 0 Å². The third-order valence-electron chi connectivity index (χ3n) is 5.38. The van der Waals surface area contributed by atoms with Crippen LogP contribution in [0.2, 0.25) is 0 Å². The Kier molecular flexibility index (Phi) is 6.33. The third-order valence-corrected chi connectivity index (χ3v) is 5.38. The molecule has 2 fully saturated rings. The molecule has 12 heteroatoms. The van der Waals surface area contributed by atoms with E-state index in [4.69, 9.17) is 4.55 Å². The van der Waals surface area contributed by atoms with Crippen LogP contribution in [0.1, 0.15) is 44.0 Å². The van der Waals surface area contributed by atoms with Gasteiger partial charge in [-0.05, 0) is 39.7 Å². The number of hydrogen-bond acceptors (Lipinski definition) is 7. The second-order valence-electron chi connectivity index (χ2n) is 9.16. The Morgan fingerprint density at radius 1 is 1.25 bits per heavy atom. The Morgan fingerprint density at radius 3 is 2.25 bits per heavy atom. The zero-order valence-corrected chi connectivity index (χ0v) is 19.1. The van der Waals surface area contributed by atoms with Crippen molar-refractivity contribution in [2.75, 3.05) is 24.2 Å². The summed E-state index contributed by atoms with van der Waals surface area (Å²) in [5.74, 6) is -1.70. The van der Waals surface area contributed by atoms with Crippen molar-refractivity contribution in [2.45, 2.75) is 51.2 Å². The van der Waals surface area contributed by atoms with Gasteiger partial charge in [0, 0.05) is 36.9 Å². The summed E-state index contributed by atoms with van der Waals surface area (Å²) in [6.07, 6.45) is 4.15. The molecule has 2 atom stereocenters. The maximum absolute atomic E-state index is 14.9. The lowest BCUT2D eigenvalue weighted by Gasteiger charge is -2.34. The summed E-state index contributed by atoms with van der Waals surface area (Å²) in [7, 11) is -3.67. The van der Waals surface area contributed by atoms with Crippen molar-refractivity contribution in [1.29, 1.82) is 0 Å². The first-order valence-corrected chi connectivity index (χ1v) is 11.9. The summed E-state index contributed by atoms with van der Waals surface area (Å²) in [6, 6.07) is 1.78. The van der Waals surface area contributed by atoms with Gasteiger partial charge >= 0.3 is 5.97 Å². The molecule has 176 valence electrons. The average Bonchev–Trinajstić information content (AvgIpc) is 2.97. The van der Waals surface area contributed by atoms with E-state index >= 15 is 0 Å². The van der Waals surface area contributed by atoms with Crippen LogP contribution in [-0.2, 0) is 15.7 Å². The standard InChI is InChI=1S/C19H23FN4O3.CH4O3S/c1-19(2,3)24-9-13(18(26)27)15(25)12-6-14(20)17(22-16(12)24)23-7-10-4-5-11(8-23)21-10;1-5(2,3)4/h6,9-11,21H,4-5,7-8H2,1-3H3,(H,26,27);1H3,(H,2,3,4). The van der Waals surface area contributed by atoms with Gasteiger partial charge in [0.25, 0.3) is 10.1 Å². The van der Waals surface area contributed by atoms with Crippen molar-refractivity contribution in [1.82, 2.24) is 14.9 Å². The van der Waals surface area contributed by atoms with Gasteiger partial charge in [0.05, 0.1) is 11.6 Å². The summed E-state index contributed by atoms with van der Waals surface area (Å²) in [5.41, 5.74) is -1.32. The number of carbonyl (C=O) groups is 1. The Morgan fingerprint density at radius 2 is 1.78 bits per heavy atom. The minimum absolute atomic E-state index is 0.0100. The average molecular weight is 471 g/mol. The van der Waals surface area contributed by atoms with Crippen LogP contribution in [-0.4, -0.2) is 65.0 Å². The molecule has 0 aliphatic carbocycles. The van der Waals surface area contributed by atoms with E-state index in [0.717, 1.165) is 18.9 Å². The van der Waals surface area contributed by atoms with Crippen molar-refractivity contribution in [3.8, 4) is 0 Å². The molecule has 2 aromatic heterocycles. The molecule has 0 amide bonds. The highest BCUT2D eigenvalue weighted by Gasteiger charge is 2.34. The number of nitrogens with one attached hydrogen (secondary N) is 1. The third kappa shape index (κ3) is 5.25. The van der Waals surface area contributed by atoms with E-state index in [1.54, 1.807) is 4.57 Å². The van der Waals surface area contributed by atoms with Gasteiger partial charge in [-0.15, -0.1) is 0 Å². The largest absolute Gasteiger partial charge is 0.477 e. The highest BCUT2D eigenvalue weighted by Crippen LogP contribution is 2.29. The van der Waals surface area contributed by atoms with Crippen molar-refractivity contribution >= 4 is 32.9 Å². The smallest absolute Gasteiger partial charge is 0.341 e. The number of nitrogens with zero attached hydrogens (tertiary/aromatic N) is 3. The number of carboxylic acid groups (broad SMARTS) is 1. The van der Waals surface area contributed by atoms with Gasteiger partial charge < -0.3 is 19.9 Å². The van der Waals surface area contributed by atoms with Crippen molar-refractivity contribution in [2.24, 2.45) is 0 Å². The Bertz CT molecular complexity index is 1200. The van der Waals surface area contributed by atoms with Crippen LogP contribution in [0.5, 0.6) is 0 Å². The number of hydrogen-bond donors (Lipinski definition) is 3. The fraction of sp³-hybridized carbons (Fsp3) is 0.550. The predicted octanol–water partition coefficient (Wildman–Crippen LogP) is 1.43. The zero-order valence-electron chi connectivity index (χ0n) is 18.3. The number of piperazine rings is 1. The van der Waals surface area contributed by atoms with E-state index in [1.807, 2.05) is 25.7 Å². The molecular weight excluding hydrogens is 443 g/mol. The number of rotatable bonds is 2. The molecule has 32 heavy (non-hydrogen) atoms. The molecule has 2 saturated heterocycles. The first-order chi connectivity index (χ1) is 14.6. The molecule has 4 rings (SSSR count). The van der Waals surface area contributed by atoms with Gasteiger partial charge in [0.2, 0.25) is 5.43 Å². The number of fused-ring (bicyclic) bond motifs is 3. The van der Waals surface area contributed by atoms with Gasteiger partial charge in [-0.25, -0.2) is 14.2 Å². The molecule has 0 aromatic carbocycles. The van der Waals surface area contributed by atoms with Gasteiger partial charge in [-0.2, -0.15) is 8.42 Å². The van der Waals surface area contributed by atoms with Crippen molar-refractivity contribution < 1.29 is 27.3 Å². The number of aromatic carboxylic acids is 1. The molecular formula is C20H27FN4O6S. The van der Waals surface area contributed by atoms with Gasteiger partial charge in [0.15, 0.2) is 11.6 Å². The Hall–Kier alpha value is -2.57. The minimum atomic E-state index is -3.67. The van der Waals surface area contributed by atoms with Crippen LogP contribution in [0.25, 0.3) is 11.0 Å². The Labute approximate surface area is 184 Å². The summed E-state index contributed by atoms with van der Waals surface area (Å²) in [6.45, 7) is 6.99. The number of carboxylic acids is 1. The fourth-order valence-electron chi connectivity index (χ4n) is 4.07. The molecule has 3 N–H and O–H groups in total. The molecule has 0 saturated carbocycles. The number of halogens is 1. The quantitative estimate of drug-likeness (QED) is 0.556. The molecule has 2 aliphatic rings. The van der Waals surface area contributed by atoms with Gasteiger partial charge in [0.1, 0.15) is 11.2 Å². The van der Waals surface area contributed by atoms with Crippen LogP contribution in [0.4, 0.5) is 10.2 Å². The predicted molar refractivity (Wildman–Crippen MR) is 118 cm³/mol. The second kappa shape index (κ2) is 8.41. The fourth-order valence-corrected chi connectivity index (χ4v) is 4.07. The molecule has 2 bridgehead atoms. The first kappa shape index (κ1) is 24.1. The lowest BCUT2D eigenvalue weighted by atomic mass is 10.1. The number of anilines is 1. The van der Waals surface area contributed by atoms with E-state index in [0.29, 0.717) is 37.1 Å². The maximum atomic E-state index is 14.9. The SMILES string of the molecule is CC(C)(C)n1cc(C(=O)O)c(=O)c2cc(F)c(N3CC4CCC(C3)N4)nc21.CS(=O)(=O)O. The Balaban J connectivity index is 0.000000523. The lowest BCUT2D eigenvalue weighted by molar-refractivity contribution is 0.0694. The number of pyridine rings is 2. The molecule has 10 nitrogen and oxygen atoms in total. The van der Waals surface area contributed by atoms with Crippen LogP contribution in [0.3, 0.4) is 0 Å². The minimum Gasteiger partial charge on any atom is -0.477 e. The molecule has 0 radical (unpaired) electrons. The van der Waals surface area contributed by atoms with E-state index < -0.39 is 32.9 Å². The molecule has 2 aliphatic heterocycles. The molecule has 2 unspecified atom stereocenters. The molecule has 2 aromatic rings. The highest BCUT2D eigenvalue weighted by molar-refractivity contribution is 7.85. The van der Waals surface area contributed by atoms with Crippen molar-refractivity contribution in [3.63, 3.8) is 0 Å². The van der Waals surface area contributed by atoms with E-state index in [1.165, 1.54) is 6.20 Å². The van der Waals surface area contributed by atoms with Crippen molar-refractivity contribution in [3.05, 3.63) is 33.9 Å². The first-order valence-electron chi connectivity index (χ1n) is 10.1. The maximum Gasteiger partial charge on any atom is 0.341 e.